The zero-order valence-electron chi connectivity index (χ0n) is 17.5. The largest absolute Gasteiger partial charge is 0.404 e. The smallest absolute Gasteiger partial charge is 0.351 e. The Hall–Kier alpha value is -1.27. The summed E-state index contributed by atoms with van der Waals surface area (Å²) in [6.45, 7) is 8.98. The lowest BCUT2D eigenvalue weighted by Crippen LogP contribution is -2.67. The van der Waals surface area contributed by atoms with Crippen LogP contribution in [0.5, 0.6) is 0 Å². The number of ether oxygens (including phenoxy) is 1. The highest BCUT2D eigenvalue weighted by atomic mass is 31.2. The normalized spacial score (nSPS) is 22.5. The van der Waals surface area contributed by atoms with Crippen molar-refractivity contribution in [3.63, 3.8) is 0 Å². The summed E-state index contributed by atoms with van der Waals surface area (Å²) >= 11 is 0. The topological polar surface area (TPSA) is 76.0 Å². The molecule has 0 radical (unpaired) electrons. The van der Waals surface area contributed by atoms with E-state index in [2.05, 4.69) is 45.0 Å². The molecule has 1 aliphatic rings. The Morgan fingerprint density at radius 2 is 1.48 bits per heavy atom. The molecule has 1 aliphatic carbocycles. The fourth-order valence-electron chi connectivity index (χ4n) is 4.11. The predicted molar refractivity (Wildman–Crippen MR) is 118 cm³/mol. The van der Waals surface area contributed by atoms with Crippen LogP contribution in [0.1, 0.15) is 34.1 Å². The first-order valence-electron chi connectivity index (χ1n) is 9.94. The highest BCUT2D eigenvalue weighted by Gasteiger charge is 2.57. The summed E-state index contributed by atoms with van der Waals surface area (Å²) in [5.41, 5.74) is -0.631. The molecule has 2 aromatic rings. The van der Waals surface area contributed by atoms with Crippen molar-refractivity contribution in [3.8, 4) is 0 Å². The van der Waals surface area contributed by atoms with Gasteiger partial charge >= 0.3 is 7.60 Å². The van der Waals surface area contributed by atoms with Crippen LogP contribution in [0.4, 0.5) is 0 Å². The van der Waals surface area contributed by atoms with Gasteiger partial charge in [-0.15, -0.1) is 0 Å². The molecule has 29 heavy (non-hydrogen) atoms. The monoisotopic (exact) mass is 434 g/mol. The molecule has 0 unspecified atom stereocenters. The van der Waals surface area contributed by atoms with Gasteiger partial charge in [0.15, 0.2) is 0 Å². The van der Waals surface area contributed by atoms with Crippen molar-refractivity contribution in [2.75, 3.05) is 13.0 Å². The average molecular weight is 435 g/mol. The predicted octanol–water partition coefficient (Wildman–Crippen LogP) is 3.49. The van der Waals surface area contributed by atoms with Crippen molar-refractivity contribution in [2.24, 2.45) is 5.92 Å². The molecule has 0 aromatic heterocycles. The van der Waals surface area contributed by atoms with Gasteiger partial charge in [0.25, 0.3) is 8.32 Å². The lowest BCUT2D eigenvalue weighted by atomic mass is 10.2. The van der Waals surface area contributed by atoms with Crippen LogP contribution in [-0.2, 0) is 13.7 Å². The van der Waals surface area contributed by atoms with Gasteiger partial charge in [0.05, 0.1) is 12.2 Å². The van der Waals surface area contributed by atoms with E-state index in [1.54, 1.807) is 0 Å². The SMILES string of the molecule is C[C@@H]1C[C@@]1(CO[Si](c1ccccc1)(c1ccccc1)C(C)(C)C)OCP(=O)(O)O. The minimum atomic E-state index is -4.23. The molecule has 2 aromatic carbocycles. The van der Waals surface area contributed by atoms with Gasteiger partial charge in [0.1, 0.15) is 6.35 Å². The average Bonchev–Trinajstić information content (AvgIpc) is 3.31. The van der Waals surface area contributed by atoms with Crippen LogP contribution in [-0.4, -0.2) is 36.7 Å². The van der Waals surface area contributed by atoms with Crippen LogP contribution in [0.15, 0.2) is 60.7 Å². The third kappa shape index (κ3) is 4.74. The maximum Gasteiger partial charge on any atom is 0.351 e. The van der Waals surface area contributed by atoms with Crippen molar-refractivity contribution in [2.45, 2.75) is 44.8 Å². The van der Waals surface area contributed by atoms with Crippen LogP contribution in [0.2, 0.25) is 5.04 Å². The van der Waals surface area contributed by atoms with Crippen molar-refractivity contribution in [1.82, 2.24) is 0 Å². The number of rotatable bonds is 8. The minimum Gasteiger partial charge on any atom is -0.404 e. The van der Waals surface area contributed by atoms with Crippen LogP contribution in [0, 0.1) is 5.92 Å². The zero-order valence-corrected chi connectivity index (χ0v) is 19.4. The molecule has 2 atom stereocenters. The number of benzene rings is 2. The van der Waals surface area contributed by atoms with Gasteiger partial charge in [-0.1, -0.05) is 88.4 Å². The fourth-order valence-corrected chi connectivity index (χ4v) is 9.15. The van der Waals surface area contributed by atoms with Gasteiger partial charge in [-0.3, -0.25) is 4.57 Å². The van der Waals surface area contributed by atoms with Crippen LogP contribution in [0.25, 0.3) is 0 Å². The summed E-state index contributed by atoms with van der Waals surface area (Å²) in [4.78, 5) is 18.5. The zero-order chi connectivity index (χ0) is 21.3. The van der Waals surface area contributed by atoms with E-state index in [9.17, 15) is 14.4 Å². The fraction of sp³-hybridized carbons (Fsp3) is 0.455. The first-order valence-corrected chi connectivity index (χ1v) is 13.6. The number of hydrogen-bond acceptors (Lipinski definition) is 3. The molecule has 158 valence electrons. The van der Waals surface area contributed by atoms with E-state index < -0.39 is 27.9 Å². The van der Waals surface area contributed by atoms with Gasteiger partial charge in [0.2, 0.25) is 0 Å². The number of hydrogen-bond donors (Lipinski definition) is 2. The standard InChI is InChI=1S/C22H31O5PSi/c1-18-15-22(18,26-17-28(23,24)25)16-27-29(21(2,3)4,19-11-7-5-8-12-19)20-13-9-6-10-14-20/h5-14,18H,15-17H2,1-4H3,(H2,23,24,25)/t18-,22+/m1/s1. The molecule has 0 amide bonds. The molecule has 7 heteroatoms. The maximum absolute atomic E-state index is 11.4. The van der Waals surface area contributed by atoms with Crippen LogP contribution < -0.4 is 10.4 Å². The van der Waals surface area contributed by atoms with Crippen molar-refractivity contribution >= 4 is 26.3 Å². The van der Waals surface area contributed by atoms with Crippen molar-refractivity contribution < 1.29 is 23.5 Å². The molecule has 2 N–H and O–H groups in total. The summed E-state index contributed by atoms with van der Waals surface area (Å²) < 4.78 is 24.0. The highest BCUT2D eigenvalue weighted by molar-refractivity contribution is 7.51. The van der Waals surface area contributed by atoms with Gasteiger partial charge in [-0.2, -0.15) is 0 Å². The summed E-state index contributed by atoms with van der Waals surface area (Å²) in [5, 5.41) is 2.20. The highest BCUT2D eigenvalue weighted by Crippen LogP contribution is 2.51. The molecular formula is C22H31O5PSi. The molecule has 0 spiro atoms. The lowest BCUT2D eigenvalue weighted by Gasteiger charge is -2.43. The second kappa shape index (κ2) is 8.10. The summed E-state index contributed by atoms with van der Waals surface area (Å²) in [7, 11) is -6.93. The van der Waals surface area contributed by atoms with E-state index in [0.717, 1.165) is 6.42 Å². The van der Waals surface area contributed by atoms with Gasteiger partial charge in [-0.25, -0.2) is 0 Å². The van der Waals surface area contributed by atoms with E-state index in [-0.39, 0.29) is 11.0 Å². The second-order valence-corrected chi connectivity index (χ2v) is 15.0. The third-order valence-electron chi connectivity index (χ3n) is 5.86. The summed E-state index contributed by atoms with van der Waals surface area (Å²) in [6, 6.07) is 20.7. The Kier molecular flexibility index (Phi) is 6.26. The Morgan fingerprint density at radius 3 is 1.83 bits per heavy atom. The molecule has 0 saturated heterocycles. The van der Waals surface area contributed by atoms with Crippen LogP contribution in [0.3, 0.4) is 0 Å². The maximum atomic E-state index is 11.4. The molecule has 3 rings (SSSR count). The third-order valence-corrected chi connectivity index (χ3v) is 11.3. The molecule has 0 heterocycles. The molecule has 1 saturated carbocycles. The van der Waals surface area contributed by atoms with E-state index in [0.29, 0.717) is 6.61 Å². The quantitative estimate of drug-likeness (QED) is 0.491. The molecule has 5 nitrogen and oxygen atoms in total. The van der Waals surface area contributed by atoms with Crippen molar-refractivity contribution in [3.05, 3.63) is 60.7 Å². The second-order valence-electron chi connectivity index (χ2n) is 9.06. The summed E-state index contributed by atoms with van der Waals surface area (Å²) in [5.74, 6) is 0.201. The minimum absolute atomic E-state index is 0.154. The molecule has 1 fully saturated rings. The van der Waals surface area contributed by atoms with Gasteiger partial charge in [-0.05, 0) is 27.8 Å². The lowest BCUT2D eigenvalue weighted by molar-refractivity contribution is 0.00495. The van der Waals surface area contributed by atoms with Gasteiger partial charge in [0, 0.05) is 0 Å². The van der Waals surface area contributed by atoms with Crippen molar-refractivity contribution in [1.29, 1.82) is 0 Å². The Bertz CT molecular complexity index is 822. The Labute approximate surface area is 174 Å². The molecule has 0 bridgehead atoms. The van der Waals surface area contributed by atoms with E-state index >= 15 is 0 Å². The molecule has 0 aliphatic heterocycles. The Balaban J connectivity index is 1.99. The Morgan fingerprint density at radius 1 is 1.03 bits per heavy atom. The first kappa shape index (κ1) is 22.4. The molecular weight excluding hydrogens is 403 g/mol. The van der Waals surface area contributed by atoms with E-state index in [1.807, 2.05) is 43.3 Å². The first-order chi connectivity index (χ1) is 13.5. The van der Waals surface area contributed by atoms with Crippen LogP contribution >= 0.6 is 7.60 Å². The van der Waals surface area contributed by atoms with Gasteiger partial charge < -0.3 is 18.9 Å². The van der Waals surface area contributed by atoms with E-state index in [4.69, 9.17) is 9.16 Å². The summed E-state index contributed by atoms with van der Waals surface area (Å²) in [6.07, 6.45) is 0.173. The van der Waals surface area contributed by atoms with E-state index in [1.165, 1.54) is 10.4 Å².